The fraction of sp³-hybridized carbons (Fsp3) is 0.889. The fourth-order valence-electron chi connectivity index (χ4n) is 2.80. The first-order valence-corrected chi connectivity index (χ1v) is 23.5. The van der Waals surface area contributed by atoms with Crippen LogP contribution in [0, 0.1) is 11.3 Å². The summed E-state index contributed by atoms with van der Waals surface area (Å²) in [6.07, 6.45) is 0. The molecule has 144 valence electrons. The van der Waals surface area contributed by atoms with Crippen LogP contribution in [0.1, 0.15) is 13.8 Å². The first-order chi connectivity index (χ1) is 9.83. The van der Waals surface area contributed by atoms with E-state index in [1.807, 2.05) is 13.8 Å². The SMILES string of the molecule is CCOCC.C[Si](C)(C)[CH-][Si](C)(C)C.C[Si](C)(C)[CH-][Si](C)(C)C.[Mg+2]. The van der Waals surface area contributed by atoms with E-state index in [-0.39, 0.29) is 23.1 Å². The minimum Gasteiger partial charge on any atom is -0.382 e. The Morgan fingerprint density at radius 2 is 0.667 bits per heavy atom. The molecule has 0 saturated carbocycles. The summed E-state index contributed by atoms with van der Waals surface area (Å²) in [5.41, 5.74) is 5.31. The summed E-state index contributed by atoms with van der Waals surface area (Å²) in [6, 6.07) is 0. The summed E-state index contributed by atoms with van der Waals surface area (Å²) < 4.78 is 4.83. The van der Waals surface area contributed by atoms with E-state index >= 15 is 0 Å². The van der Waals surface area contributed by atoms with Gasteiger partial charge in [0.25, 0.3) is 0 Å². The molecule has 0 amide bonds. The second-order valence-electron chi connectivity index (χ2n) is 10.5. The Morgan fingerprint density at radius 3 is 0.667 bits per heavy atom. The van der Waals surface area contributed by atoms with Crippen molar-refractivity contribution < 1.29 is 4.74 Å². The summed E-state index contributed by atoms with van der Waals surface area (Å²) in [7, 11) is -3.42. The van der Waals surface area contributed by atoms with E-state index in [0.717, 1.165) is 13.2 Å². The summed E-state index contributed by atoms with van der Waals surface area (Å²) in [4.78, 5) is 0. The zero-order valence-electron chi connectivity index (χ0n) is 19.7. The van der Waals surface area contributed by atoms with E-state index in [9.17, 15) is 0 Å². The van der Waals surface area contributed by atoms with Crippen LogP contribution in [0.4, 0.5) is 0 Å². The quantitative estimate of drug-likeness (QED) is 0.352. The Morgan fingerprint density at radius 1 is 0.500 bits per heavy atom. The van der Waals surface area contributed by atoms with Gasteiger partial charge in [-0.05, 0) is 13.8 Å². The minimum absolute atomic E-state index is 0. The molecular weight excluding hydrogens is 369 g/mol. The molecule has 0 heterocycles. The van der Waals surface area contributed by atoms with Crippen LogP contribution < -0.4 is 0 Å². The van der Waals surface area contributed by atoms with Crippen LogP contribution in [0.25, 0.3) is 0 Å². The summed E-state index contributed by atoms with van der Waals surface area (Å²) >= 11 is 0. The van der Waals surface area contributed by atoms with Gasteiger partial charge in [-0.15, -0.1) is 32.3 Å². The number of hydrogen-bond donors (Lipinski definition) is 0. The van der Waals surface area contributed by atoms with Gasteiger partial charge in [-0.3, -0.25) is 0 Å². The molecule has 0 spiro atoms. The van der Waals surface area contributed by atoms with Crippen molar-refractivity contribution in [2.45, 2.75) is 92.4 Å². The van der Waals surface area contributed by atoms with Crippen molar-refractivity contribution >= 4 is 55.3 Å². The van der Waals surface area contributed by atoms with Crippen LogP contribution in [-0.4, -0.2) is 68.6 Å². The summed E-state index contributed by atoms with van der Waals surface area (Å²) in [5.74, 6) is 0. The molecule has 6 heteroatoms. The van der Waals surface area contributed by atoms with Gasteiger partial charge < -0.3 is 16.1 Å². The maximum Gasteiger partial charge on any atom is 2.00 e. The van der Waals surface area contributed by atoms with E-state index in [1.165, 1.54) is 0 Å². The number of ether oxygens (including phenoxy) is 1. The van der Waals surface area contributed by atoms with E-state index in [2.05, 4.69) is 89.9 Å². The van der Waals surface area contributed by atoms with Crippen LogP contribution in [-0.2, 0) is 4.74 Å². The zero-order chi connectivity index (χ0) is 19.5. The van der Waals surface area contributed by atoms with Crippen LogP contribution in [0.5, 0.6) is 0 Å². The van der Waals surface area contributed by atoms with Gasteiger partial charge in [0.1, 0.15) is 0 Å². The molecule has 0 saturated heterocycles. The van der Waals surface area contributed by atoms with E-state index in [1.54, 1.807) is 0 Å². The molecule has 0 radical (unpaired) electrons. The van der Waals surface area contributed by atoms with Crippen LogP contribution >= 0.6 is 0 Å². The first kappa shape index (κ1) is 33.2. The van der Waals surface area contributed by atoms with Crippen LogP contribution in [0.15, 0.2) is 0 Å². The molecule has 0 aliphatic heterocycles. The standard InChI is InChI=1S/2C7H19Si2.C4H10O.Mg/c2*1-8(2,3)7-9(4,5)6;1-3-5-4-2;/h2*7H,1-6H3;3-4H2,1-2H3;/q2*-1;;+2. The molecular formula is C18H48MgOSi4. The molecule has 0 atom stereocenters. The smallest absolute Gasteiger partial charge is 0.382 e. The predicted octanol–water partition coefficient (Wildman–Crippen LogP) is 6.55. The largest absolute Gasteiger partial charge is 2.00 e. The first-order valence-electron chi connectivity index (χ1n) is 9.15. The monoisotopic (exact) mass is 416 g/mol. The van der Waals surface area contributed by atoms with E-state index in [0.29, 0.717) is 0 Å². The average Bonchev–Trinajstić information content (AvgIpc) is 2.07. The third-order valence-electron chi connectivity index (χ3n) is 2.14. The van der Waals surface area contributed by atoms with Gasteiger partial charge in [-0.25, -0.2) is 0 Å². The molecule has 0 aliphatic rings. The van der Waals surface area contributed by atoms with Crippen LogP contribution in [0.2, 0.25) is 78.6 Å². The van der Waals surface area contributed by atoms with E-state index < -0.39 is 32.3 Å². The molecule has 0 bridgehead atoms. The number of rotatable bonds is 6. The Bertz CT molecular complexity index is 219. The van der Waals surface area contributed by atoms with Crippen molar-refractivity contribution in [3.05, 3.63) is 11.3 Å². The Kier molecular flexibility index (Phi) is 20.2. The van der Waals surface area contributed by atoms with Crippen molar-refractivity contribution in [1.82, 2.24) is 0 Å². The second-order valence-corrected chi connectivity index (χ2v) is 31.8. The molecule has 0 aliphatic carbocycles. The van der Waals surface area contributed by atoms with Gasteiger partial charge in [0.15, 0.2) is 0 Å². The zero-order valence-corrected chi connectivity index (χ0v) is 25.1. The van der Waals surface area contributed by atoms with Gasteiger partial charge in [-0.1, -0.05) is 78.6 Å². The minimum atomic E-state index is -0.856. The average molecular weight is 417 g/mol. The molecule has 1 nitrogen and oxygen atoms in total. The molecule has 0 aromatic rings. The third-order valence-corrected chi connectivity index (χ3v) is 16.0. The fourth-order valence-corrected chi connectivity index (χ4v) is 23.6. The predicted molar refractivity (Wildman–Crippen MR) is 130 cm³/mol. The van der Waals surface area contributed by atoms with Gasteiger partial charge in [0.2, 0.25) is 0 Å². The molecule has 0 aromatic carbocycles. The van der Waals surface area contributed by atoms with Crippen molar-refractivity contribution in [2.24, 2.45) is 0 Å². The van der Waals surface area contributed by atoms with Gasteiger partial charge in [-0.2, -0.15) is 0 Å². The van der Waals surface area contributed by atoms with E-state index in [4.69, 9.17) is 4.74 Å². The van der Waals surface area contributed by atoms with Gasteiger partial charge >= 0.3 is 23.1 Å². The third kappa shape index (κ3) is 49.5. The Hall–Kier alpha value is 1.59. The molecule has 0 fully saturated rings. The normalized spacial score (nSPS) is 12.2. The number of hydrogen-bond acceptors (Lipinski definition) is 1. The maximum absolute atomic E-state index is 4.83. The summed E-state index contributed by atoms with van der Waals surface area (Å²) in [6.45, 7) is 34.6. The molecule has 24 heavy (non-hydrogen) atoms. The summed E-state index contributed by atoms with van der Waals surface area (Å²) in [5, 5.41) is 0. The van der Waals surface area contributed by atoms with Gasteiger partial charge in [0.05, 0.1) is 0 Å². The Balaban J connectivity index is -0.000000128. The van der Waals surface area contributed by atoms with Crippen molar-refractivity contribution in [1.29, 1.82) is 0 Å². The van der Waals surface area contributed by atoms with Crippen LogP contribution in [0.3, 0.4) is 0 Å². The van der Waals surface area contributed by atoms with Crippen molar-refractivity contribution in [3.63, 3.8) is 0 Å². The molecule has 0 N–H and O–H groups in total. The maximum atomic E-state index is 4.83. The molecule has 0 rings (SSSR count). The molecule has 0 unspecified atom stereocenters. The van der Waals surface area contributed by atoms with Crippen molar-refractivity contribution in [2.75, 3.05) is 13.2 Å². The Labute approximate surface area is 176 Å². The topological polar surface area (TPSA) is 9.23 Å². The van der Waals surface area contributed by atoms with Crippen molar-refractivity contribution in [3.8, 4) is 0 Å². The second kappa shape index (κ2) is 14.6. The molecule has 0 aromatic heterocycles. The van der Waals surface area contributed by atoms with Gasteiger partial charge in [0, 0.05) is 13.2 Å².